The van der Waals surface area contributed by atoms with Gasteiger partial charge in [0.25, 0.3) is 0 Å². The molecule has 236 valence electrons. The topological polar surface area (TPSA) is 25.1 Å². The normalized spacial score (nSPS) is 66.4. The summed E-state index contributed by atoms with van der Waals surface area (Å²) in [6.45, 7) is 25.2. The highest BCUT2D eigenvalue weighted by molar-refractivity contribution is 5.22. The largest absolute Gasteiger partial charge is 0.366 e. The summed E-state index contributed by atoms with van der Waals surface area (Å²) in [5.41, 5.74) is 1.74. The first-order chi connectivity index (χ1) is 19.7. The molecule has 0 aromatic carbocycles. The van der Waals surface area contributed by atoms with Gasteiger partial charge in [-0.2, -0.15) is 0 Å². The highest BCUT2D eigenvalue weighted by atomic mass is 16.6. The molecule has 10 fully saturated rings. The quantitative estimate of drug-likeness (QED) is 0.268. The molecule has 0 radical (unpaired) electrons. The van der Waals surface area contributed by atoms with Crippen LogP contribution in [0, 0.1) is 106 Å². The molecule has 0 N–H and O–H groups in total. The minimum absolute atomic E-state index is 0.257. The van der Waals surface area contributed by atoms with Gasteiger partial charge in [-0.25, -0.2) is 0 Å². The van der Waals surface area contributed by atoms with Gasteiger partial charge in [-0.1, -0.05) is 55.4 Å². The molecule has 8 aliphatic carbocycles. The molecule has 0 aromatic rings. The van der Waals surface area contributed by atoms with E-state index in [9.17, 15) is 0 Å². The third-order valence-electron chi connectivity index (χ3n) is 17.5. The zero-order valence-corrected chi connectivity index (χ0v) is 28.9. The van der Waals surface area contributed by atoms with Crippen molar-refractivity contribution in [2.45, 2.75) is 144 Å². The number of epoxide rings is 2. The summed E-state index contributed by atoms with van der Waals surface area (Å²) < 4.78 is 12.7. The molecule has 42 heavy (non-hydrogen) atoms. The van der Waals surface area contributed by atoms with Crippen LogP contribution in [-0.2, 0) is 9.47 Å². The summed E-state index contributed by atoms with van der Waals surface area (Å²) in [5, 5.41) is 0. The Balaban J connectivity index is 0.000000119. The summed E-state index contributed by atoms with van der Waals surface area (Å²) >= 11 is 0. The van der Waals surface area contributed by atoms with Crippen molar-refractivity contribution >= 4 is 0 Å². The number of rotatable bonds is 0. The molecule has 0 spiro atoms. The van der Waals surface area contributed by atoms with Crippen molar-refractivity contribution in [3.05, 3.63) is 0 Å². The average Bonchev–Trinajstić information content (AvgIpc) is 3.83. The van der Waals surface area contributed by atoms with Crippen LogP contribution in [0.1, 0.15) is 121 Å². The van der Waals surface area contributed by atoms with Gasteiger partial charge < -0.3 is 9.47 Å². The van der Waals surface area contributed by atoms with E-state index in [-0.39, 0.29) is 11.2 Å². The molecule has 0 aromatic heterocycles. The summed E-state index contributed by atoms with van der Waals surface area (Å²) in [7, 11) is 0. The summed E-state index contributed by atoms with van der Waals surface area (Å²) in [4.78, 5) is 0. The van der Waals surface area contributed by atoms with Crippen LogP contribution in [0.2, 0.25) is 0 Å². The van der Waals surface area contributed by atoms with Crippen LogP contribution in [0.4, 0.5) is 0 Å². The first-order valence-corrected chi connectivity index (χ1v) is 19.0. The summed E-state index contributed by atoms with van der Waals surface area (Å²) in [6.07, 6.45) is 12.9. The van der Waals surface area contributed by atoms with Crippen molar-refractivity contribution in [3.63, 3.8) is 0 Å². The van der Waals surface area contributed by atoms with Gasteiger partial charge in [-0.15, -0.1) is 0 Å². The van der Waals surface area contributed by atoms with Gasteiger partial charge >= 0.3 is 0 Å². The lowest BCUT2D eigenvalue weighted by molar-refractivity contribution is 0.0443. The van der Waals surface area contributed by atoms with Crippen molar-refractivity contribution in [1.29, 1.82) is 0 Å². The second-order valence-corrected chi connectivity index (χ2v) is 20.7. The van der Waals surface area contributed by atoms with Crippen molar-refractivity contribution < 1.29 is 9.47 Å². The minimum Gasteiger partial charge on any atom is -0.366 e. The Hall–Kier alpha value is -0.0800. The Labute approximate surface area is 258 Å². The van der Waals surface area contributed by atoms with Crippen LogP contribution in [0.15, 0.2) is 0 Å². The van der Waals surface area contributed by atoms with Crippen molar-refractivity contribution in [2.75, 3.05) is 0 Å². The highest BCUT2D eigenvalue weighted by Gasteiger charge is 2.75. The van der Waals surface area contributed by atoms with Crippen molar-refractivity contribution in [1.82, 2.24) is 0 Å². The smallest absolute Gasteiger partial charge is 0.0926 e. The van der Waals surface area contributed by atoms with E-state index in [4.69, 9.17) is 9.47 Å². The van der Waals surface area contributed by atoms with Gasteiger partial charge in [0.2, 0.25) is 0 Å². The van der Waals surface area contributed by atoms with Gasteiger partial charge in [0.1, 0.15) is 0 Å². The molecule has 2 nitrogen and oxygen atoms in total. The Morgan fingerprint density at radius 3 is 1.76 bits per heavy atom. The number of fused-ring (bicyclic) bond motifs is 14. The van der Waals surface area contributed by atoms with Crippen LogP contribution in [0.5, 0.6) is 0 Å². The Morgan fingerprint density at radius 2 is 1.02 bits per heavy atom. The molecule has 2 heterocycles. The van der Waals surface area contributed by atoms with Crippen LogP contribution < -0.4 is 0 Å². The Bertz CT molecular complexity index is 1140. The Kier molecular flexibility index (Phi) is 5.66. The predicted molar refractivity (Wildman–Crippen MR) is 170 cm³/mol. The fourth-order valence-electron chi connectivity index (χ4n) is 15.8. The third-order valence-corrected chi connectivity index (χ3v) is 17.5. The highest BCUT2D eigenvalue weighted by Crippen LogP contribution is 2.76. The SMILES string of the molecule is CC1CC2C(C1)C1OC1(C)CC1C2C(C)CC2C1C2(C)C.CC1CC2CC3(C)OC3C3C(C(C)CC4C3C4(C)C)C2C1. The molecule has 2 saturated heterocycles. The lowest BCUT2D eigenvalue weighted by Crippen LogP contribution is -2.38. The fourth-order valence-corrected chi connectivity index (χ4v) is 15.8. The molecule has 2 heteroatoms. The van der Waals surface area contributed by atoms with E-state index in [2.05, 4.69) is 69.2 Å². The van der Waals surface area contributed by atoms with E-state index < -0.39 is 0 Å². The zero-order valence-electron chi connectivity index (χ0n) is 28.9. The third kappa shape index (κ3) is 3.70. The molecule has 8 saturated carbocycles. The van der Waals surface area contributed by atoms with Crippen LogP contribution in [0.3, 0.4) is 0 Å². The van der Waals surface area contributed by atoms with E-state index in [1.54, 1.807) is 0 Å². The van der Waals surface area contributed by atoms with Gasteiger partial charge in [-0.3, -0.25) is 0 Å². The standard InChI is InChI=1S/2C20H32O/c1-10-6-12-13(7-10)18-20(5,21-18)9-14-16(12)11(2)8-15-17(14)19(15,3)4;1-10-6-12-9-20(5)18(21-20)16-15(13(12)7-10)11(2)8-14-17(16)19(14,3)4/h2*10-18H,6-9H2,1-5H3. The Morgan fingerprint density at radius 1 is 0.476 bits per heavy atom. The minimum atomic E-state index is 0.257. The first-order valence-electron chi connectivity index (χ1n) is 19.0. The van der Waals surface area contributed by atoms with Crippen LogP contribution in [-0.4, -0.2) is 23.4 Å². The monoisotopic (exact) mass is 576 g/mol. The number of ether oxygens (including phenoxy) is 2. The lowest BCUT2D eigenvalue weighted by atomic mass is 9.64. The molecule has 0 bridgehead atoms. The van der Waals surface area contributed by atoms with Gasteiger partial charge in [0.15, 0.2) is 0 Å². The maximum atomic E-state index is 6.40. The van der Waals surface area contributed by atoms with E-state index in [0.717, 1.165) is 94.7 Å². The van der Waals surface area contributed by atoms with Gasteiger partial charge in [-0.05, 0) is 171 Å². The maximum absolute atomic E-state index is 6.40. The van der Waals surface area contributed by atoms with Crippen LogP contribution >= 0.6 is 0 Å². The van der Waals surface area contributed by atoms with Crippen molar-refractivity contribution in [2.24, 2.45) is 106 Å². The van der Waals surface area contributed by atoms with E-state index in [1.165, 1.54) is 51.4 Å². The van der Waals surface area contributed by atoms with Crippen molar-refractivity contribution in [3.8, 4) is 0 Å². The molecule has 0 amide bonds. The fraction of sp³-hybridized carbons (Fsp3) is 1.00. The van der Waals surface area contributed by atoms with E-state index >= 15 is 0 Å². The summed E-state index contributed by atoms with van der Waals surface area (Å²) in [6, 6.07) is 0. The lowest BCUT2D eigenvalue weighted by Gasteiger charge is -2.41. The summed E-state index contributed by atoms with van der Waals surface area (Å²) in [5.74, 6) is 15.5. The second-order valence-electron chi connectivity index (χ2n) is 20.7. The molecule has 20 atom stereocenters. The molecule has 10 aliphatic rings. The van der Waals surface area contributed by atoms with Gasteiger partial charge in [0, 0.05) is 0 Å². The second kappa shape index (κ2) is 8.44. The molecular formula is C40H64O2. The molecular weight excluding hydrogens is 512 g/mol. The maximum Gasteiger partial charge on any atom is 0.0926 e. The van der Waals surface area contributed by atoms with Gasteiger partial charge in [0.05, 0.1) is 23.4 Å². The van der Waals surface area contributed by atoms with E-state index in [1.807, 2.05) is 0 Å². The molecule has 20 unspecified atom stereocenters. The van der Waals surface area contributed by atoms with Crippen LogP contribution in [0.25, 0.3) is 0 Å². The zero-order chi connectivity index (χ0) is 29.5. The molecule has 2 aliphatic heterocycles. The average molecular weight is 577 g/mol. The number of hydrogen-bond donors (Lipinski definition) is 0. The first kappa shape index (κ1) is 28.2. The molecule has 10 rings (SSSR count). The number of hydrogen-bond acceptors (Lipinski definition) is 2. The predicted octanol–water partition coefficient (Wildman–Crippen LogP) is 9.51. The van der Waals surface area contributed by atoms with E-state index in [0.29, 0.717) is 23.0 Å².